The Bertz CT molecular complexity index is 363. The minimum Gasteiger partial charge on any atom is -0.456 e. The molecule has 2 aliphatic heterocycles. The van der Waals surface area contributed by atoms with Crippen molar-refractivity contribution in [3.63, 3.8) is 0 Å². The maximum atomic E-state index is 12.1. The van der Waals surface area contributed by atoms with Crippen molar-refractivity contribution in [1.29, 1.82) is 0 Å². The maximum Gasteiger partial charge on any atom is 0.311 e. The second-order valence-electron chi connectivity index (χ2n) is 7.31. The molecule has 1 unspecified atom stereocenters. The first-order valence-electron chi connectivity index (χ1n) is 8.43. The Morgan fingerprint density at radius 3 is 2.05 bits per heavy atom. The summed E-state index contributed by atoms with van der Waals surface area (Å²) < 4.78 is 18.3. The van der Waals surface area contributed by atoms with Gasteiger partial charge < -0.3 is 23.2 Å². The standard InChI is InChI=1S/C16H32N2O4/c1-15(14-18(3)8-12-21-13-9-18)22-16(19)4-5-17(2)6-10-20-11-7-17/h15H,4-14H2,1-3H3/q+2. The van der Waals surface area contributed by atoms with Crippen LogP contribution < -0.4 is 0 Å². The lowest BCUT2D eigenvalue weighted by Crippen LogP contribution is -2.55. The quantitative estimate of drug-likeness (QED) is 0.521. The number of carbonyl (C=O) groups excluding carboxylic acids is 1. The number of quaternary nitrogens is 2. The van der Waals surface area contributed by atoms with Crippen molar-refractivity contribution in [2.75, 3.05) is 79.8 Å². The van der Waals surface area contributed by atoms with Crippen molar-refractivity contribution in [3.05, 3.63) is 0 Å². The highest BCUT2D eigenvalue weighted by atomic mass is 16.5. The van der Waals surface area contributed by atoms with Gasteiger partial charge in [-0.05, 0) is 6.92 Å². The van der Waals surface area contributed by atoms with Crippen LogP contribution in [0.4, 0.5) is 0 Å². The largest absolute Gasteiger partial charge is 0.456 e. The van der Waals surface area contributed by atoms with Crippen LogP contribution in [0.2, 0.25) is 0 Å². The molecular weight excluding hydrogens is 284 g/mol. The molecule has 0 saturated carbocycles. The molecule has 2 fully saturated rings. The van der Waals surface area contributed by atoms with E-state index in [9.17, 15) is 4.79 Å². The second kappa shape index (κ2) is 7.73. The number of morpholine rings is 2. The average Bonchev–Trinajstić information content (AvgIpc) is 2.46. The summed E-state index contributed by atoms with van der Waals surface area (Å²) in [6.45, 7) is 10.9. The fourth-order valence-corrected chi connectivity index (χ4v) is 3.28. The van der Waals surface area contributed by atoms with Crippen molar-refractivity contribution < 1.29 is 28.0 Å². The summed E-state index contributed by atoms with van der Waals surface area (Å²) in [4.78, 5) is 12.1. The lowest BCUT2D eigenvalue weighted by atomic mass is 10.2. The van der Waals surface area contributed by atoms with E-state index in [0.717, 1.165) is 74.7 Å². The van der Waals surface area contributed by atoms with Gasteiger partial charge in [-0.25, -0.2) is 0 Å². The van der Waals surface area contributed by atoms with E-state index in [1.54, 1.807) is 0 Å². The first-order valence-corrected chi connectivity index (χ1v) is 8.43. The summed E-state index contributed by atoms with van der Waals surface area (Å²) in [6, 6.07) is 0. The summed E-state index contributed by atoms with van der Waals surface area (Å²) in [5.74, 6) is -0.0711. The molecule has 22 heavy (non-hydrogen) atoms. The third-order valence-electron chi connectivity index (χ3n) is 4.99. The monoisotopic (exact) mass is 316 g/mol. The highest BCUT2D eigenvalue weighted by molar-refractivity contribution is 5.69. The lowest BCUT2D eigenvalue weighted by Gasteiger charge is -2.39. The van der Waals surface area contributed by atoms with Gasteiger partial charge in [0.05, 0.1) is 53.5 Å². The van der Waals surface area contributed by atoms with Gasteiger partial charge >= 0.3 is 5.97 Å². The van der Waals surface area contributed by atoms with Gasteiger partial charge in [0.15, 0.2) is 0 Å². The van der Waals surface area contributed by atoms with E-state index in [0.29, 0.717) is 6.42 Å². The number of carbonyl (C=O) groups is 1. The number of hydrogen-bond donors (Lipinski definition) is 0. The fraction of sp³-hybridized carbons (Fsp3) is 0.938. The number of ether oxygens (including phenoxy) is 3. The van der Waals surface area contributed by atoms with Gasteiger partial charge in [0.1, 0.15) is 38.8 Å². The van der Waals surface area contributed by atoms with Gasteiger partial charge in [-0.2, -0.15) is 0 Å². The van der Waals surface area contributed by atoms with Gasteiger partial charge in [0.2, 0.25) is 0 Å². The molecule has 0 radical (unpaired) electrons. The third-order valence-corrected chi connectivity index (χ3v) is 4.99. The van der Waals surface area contributed by atoms with Crippen LogP contribution in [-0.4, -0.2) is 101 Å². The molecule has 6 heteroatoms. The minimum atomic E-state index is -0.0711. The number of likely N-dealkylation sites (N-methyl/N-ethyl adjacent to an activating group) is 2. The van der Waals surface area contributed by atoms with Crippen LogP contribution in [0, 0.1) is 0 Å². The van der Waals surface area contributed by atoms with Crippen LogP contribution in [0.15, 0.2) is 0 Å². The molecule has 1 atom stereocenters. The molecule has 0 spiro atoms. The molecule has 2 rings (SSSR count). The Morgan fingerprint density at radius 1 is 1.00 bits per heavy atom. The summed E-state index contributed by atoms with van der Waals surface area (Å²) in [6.07, 6.45) is 0.457. The molecule has 0 aromatic rings. The van der Waals surface area contributed by atoms with E-state index < -0.39 is 0 Å². The second-order valence-corrected chi connectivity index (χ2v) is 7.31. The van der Waals surface area contributed by atoms with Crippen LogP contribution in [0.25, 0.3) is 0 Å². The minimum absolute atomic E-state index is 0.0365. The number of esters is 1. The predicted molar refractivity (Wildman–Crippen MR) is 83.4 cm³/mol. The first kappa shape index (κ1) is 17.7. The molecule has 0 N–H and O–H groups in total. The molecule has 128 valence electrons. The van der Waals surface area contributed by atoms with Crippen LogP contribution >= 0.6 is 0 Å². The van der Waals surface area contributed by atoms with Crippen molar-refractivity contribution >= 4 is 5.97 Å². The molecule has 0 bridgehead atoms. The summed E-state index contributed by atoms with van der Waals surface area (Å²) in [7, 11) is 4.41. The van der Waals surface area contributed by atoms with Crippen molar-refractivity contribution in [2.24, 2.45) is 0 Å². The van der Waals surface area contributed by atoms with Gasteiger partial charge in [-0.15, -0.1) is 0 Å². The van der Waals surface area contributed by atoms with Crippen LogP contribution in [0.1, 0.15) is 13.3 Å². The first-order chi connectivity index (χ1) is 10.4. The zero-order valence-electron chi connectivity index (χ0n) is 14.4. The Balaban J connectivity index is 1.69. The highest BCUT2D eigenvalue weighted by Gasteiger charge is 2.30. The molecule has 0 aromatic carbocycles. The van der Waals surface area contributed by atoms with E-state index in [2.05, 4.69) is 14.1 Å². The van der Waals surface area contributed by atoms with Gasteiger partial charge in [0, 0.05) is 0 Å². The van der Waals surface area contributed by atoms with E-state index in [-0.39, 0.29) is 12.1 Å². The predicted octanol–water partition coefficient (Wildman–Crippen LogP) is 0.262. The van der Waals surface area contributed by atoms with Crippen LogP contribution in [-0.2, 0) is 19.0 Å². The van der Waals surface area contributed by atoms with E-state index in [1.165, 1.54) is 0 Å². The van der Waals surface area contributed by atoms with Crippen molar-refractivity contribution in [3.8, 4) is 0 Å². The summed E-state index contributed by atoms with van der Waals surface area (Å²) >= 11 is 0. The smallest absolute Gasteiger partial charge is 0.311 e. The molecule has 0 aliphatic carbocycles. The molecule has 6 nitrogen and oxygen atoms in total. The molecule has 2 saturated heterocycles. The van der Waals surface area contributed by atoms with Crippen molar-refractivity contribution in [1.82, 2.24) is 0 Å². The molecule has 2 heterocycles. The van der Waals surface area contributed by atoms with E-state index in [1.807, 2.05) is 6.92 Å². The Kier molecular flexibility index (Phi) is 6.20. The number of nitrogens with zero attached hydrogens (tertiary/aromatic N) is 2. The topological polar surface area (TPSA) is 44.8 Å². The number of rotatable bonds is 6. The number of hydrogen-bond acceptors (Lipinski definition) is 4. The van der Waals surface area contributed by atoms with Gasteiger partial charge in [-0.1, -0.05) is 0 Å². The lowest BCUT2D eigenvalue weighted by molar-refractivity contribution is -0.919. The zero-order chi connectivity index (χ0) is 16.1. The third kappa shape index (κ3) is 5.50. The van der Waals surface area contributed by atoms with E-state index in [4.69, 9.17) is 14.2 Å². The Morgan fingerprint density at radius 2 is 1.50 bits per heavy atom. The van der Waals surface area contributed by atoms with Gasteiger partial charge in [0.25, 0.3) is 0 Å². The molecule has 0 aromatic heterocycles. The average molecular weight is 316 g/mol. The molecule has 2 aliphatic rings. The Hall–Kier alpha value is -0.690. The summed E-state index contributed by atoms with van der Waals surface area (Å²) in [5, 5.41) is 0. The van der Waals surface area contributed by atoms with Crippen LogP contribution in [0.5, 0.6) is 0 Å². The SMILES string of the molecule is CC(C[N+]1(C)CCOCC1)OC(=O)CC[N+]1(C)CCOCC1. The molecule has 0 amide bonds. The fourth-order valence-electron chi connectivity index (χ4n) is 3.28. The normalized spacial score (nSPS) is 25.4. The maximum absolute atomic E-state index is 12.1. The highest BCUT2D eigenvalue weighted by Crippen LogP contribution is 2.12. The van der Waals surface area contributed by atoms with Crippen LogP contribution in [0.3, 0.4) is 0 Å². The van der Waals surface area contributed by atoms with Gasteiger partial charge in [-0.3, -0.25) is 4.79 Å². The zero-order valence-corrected chi connectivity index (χ0v) is 14.4. The summed E-state index contributed by atoms with van der Waals surface area (Å²) in [5.41, 5.74) is 0. The van der Waals surface area contributed by atoms with E-state index >= 15 is 0 Å². The van der Waals surface area contributed by atoms with Crippen molar-refractivity contribution in [2.45, 2.75) is 19.4 Å². The molecular formula is C16H32N2O4+2. The Labute approximate surface area is 134 Å².